The van der Waals surface area contributed by atoms with Gasteiger partial charge in [0.1, 0.15) is 0 Å². The summed E-state index contributed by atoms with van der Waals surface area (Å²) in [6.45, 7) is 3.62. The Bertz CT molecular complexity index is 638. The van der Waals surface area contributed by atoms with Crippen molar-refractivity contribution >= 4 is 22.8 Å². The van der Waals surface area contributed by atoms with Crippen LogP contribution in [0.25, 0.3) is 11.0 Å². The summed E-state index contributed by atoms with van der Waals surface area (Å²) in [6, 6.07) is 7.40. The molecule has 0 amide bonds. The maximum Gasteiger partial charge on any atom is 0.375 e. The van der Waals surface area contributed by atoms with E-state index in [1.807, 2.05) is 24.3 Å². The molecule has 0 aliphatic heterocycles. The van der Waals surface area contributed by atoms with Gasteiger partial charge in [-0.1, -0.05) is 12.1 Å². The number of Topliss-reactive ketones (excluding diaryl/α,β-unsaturated/α-hetero) is 1. The summed E-state index contributed by atoms with van der Waals surface area (Å²) in [4.78, 5) is 31.7. The number of benzene rings is 1. The number of aromatic nitrogens is 2. The first-order valence-corrected chi connectivity index (χ1v) is 6.04. The van der Waals surface area contributed by atoms with Crippen LogP contribution in [0.15, 0.2) is 24.3 Å². The number of carbonyl (C=O) groups excluding carboxylic acids is 2. The maximum atomic E-state index is 11.6. The van der Waals surface area contributed by atoms with Crippen molar-refractivity contribution in [1.29, 1.82) is 0 Å². The monoisotopic (exact) mass is 258 g/mol. The van der Waals surface area contributed by atoms with E-state index in [1.165, 1.54) is 0 Å². The number of hydrogen-bond acceptors (Lipinski definition) is 5. The Balaban J connectivity index is 2.27. The van der Waals surface area contributed by atoms with E-state index in [2.05, 4.69) is 14.7 Å². The SMILES string of the molecule is CCOC(=O)C(=O)Cc1nc2ccccc2nc1C. The average molecular weight is 258 g/mol. The highest BCUT2D eigenvalue weighted by Gasteiger charge is 2.18. The summed E-state index contributed by atoms with van der Waals surface area (Å²) < 4.78 is 4.67. The van der Waals surface area contributed by atoms with Gasteiger partial charge in [-0.05, 0) is 26.0 Å². The van der Waals surface area contributed by atoms with Crippen LogP contribution in [0.4, 0.5) is 0 Å². The Morgan fingerprint density at radius 1 is 1.16 bits per heavy atom. The molecule has 0 spiro atoms. The van der Waals surface area contributed by atoms with Crippen LogP contribution < -0.4 is 0 Å². The Morgan fingerprint density at radius 3 is 2.42 bits per heavy atom. The third-order valence-electron chi connectivity index (χ3n) is 2.67. The number of aryl methyl sites for hydroxylation is 1. The molecule has 0 saturated heterocycles. The first-order valence-electron chi connectivity index (χ1n) is 6.04. The van der Waals surface area contributed by atoms with Crippen LogP contribution in [-0.2, 0) is 20.7 Å². The topological polar surface area (TPSA) is 69.2 Å². The minimum Gasteiger partial charge on any atom is -0.460 e. The minimum absolute atomic E-state index is 0.0809. The molecule has 0 N–H and O–H groups in total. The summed E-state index contributed by atoms with van der Waals surface area (Å²) in [5.41, 5.74) is 2.64. The molecule has 1 aromatic heterocycles. The van der Waals surface area contributed by atoms with Crippen LogP contribution >= 0.6 is 0 Å². The van der Waals surface area contributed by atoms with Crippen LogP contribution in [-0.4, -0.2) is 28.3 Å². The summed E-state index contributed by atoms with van der Waals surface area (Å²) in [5, 5.41) is 0. The van der Waals surface area contributed by atoms with Gasteiger partial charge < -0.3 is 4.74 Å². The zero-order valence-electron chi connectivity index (χ0n) is 10.8. The van der Waals surface area contributed by atoms with Crippen molar-refractivity contribution in [3.63, 3.8) is 0 Å². The van der Waals surface area contributed by atoms with Gasteiger partial charge in [0, 0.05) is 0 Å². The lowest BCUT2D eigenvalue weighted by molar-refractivity contribution is -0.153. The molecular weight excluding hydrogens is 244 g/mol. The standard InChI is InChI=1S/C14H14N2O3/c1-3-19-14(18)13(17)8-12-9(2)15-10-6-4-5-7-11(10)16-12/h4-7H,3,8H2,1-2H3. The minimum atomic E-state index is -0.822. The second-order valence-corrected chi connectivity index (χ2v) is 4.06. The van der Waals surface area contributed by atoms with Crippen LogP contribution in [0.1, 0.15) is 18.3 Å². The second kappa shape index (κ2) is 5.56. The fourth-order valence-electron chi connectivity index (χ4n) is 1.73. The van der Waals surface area contributed by atoms with Crippen LogP contribution in [0.2, 0.25) is 0 Å². The quantitative estimate of drug-likeness (QED) is 0.615. The number of carbonyl (C=O) groups is 2. The number of para-hydroxylation sites is 2. The number of nitrogens with zero attached hydrogens (tertiary/aromatic N) is 2. The number of rotatable bonds is 4. The number of ketones is 1. The summed E-state index contributed by atoms with van der Waals surface area (Å²) in [7, 11) is 0. The molecule has 98 valence electrons. The number of hydrogen-bond donors (Lipinski definition) is 0. The molecule has 19 heavy (non-hydrogen) atoms. The average Bonchev–Trinajstić information content (AvgIpc) is 2.39. The molecule has 1 heterocycles. The maximum absolute atomic E-state index is 11.6. The third kappa shape index (κ3) is 2.93. The van der Waals surface area contributed by atoms with Crippen molar-refractivity contribution in [2.75, 3.05) is 6.61 Å². The van der Waals surface area contributed by atoms with Crippen LogP contribution in [0.5, 0.6) is 0 Å². The molecule has 5 heteroatoms. The van der Waals surface area contributed by atoms with Gasteiger partial charge in [-0.3, -0.25) is 4.79 Å². The van der Waals surface area contributed by atoms with E-state index >= 15 is 0 Å². The number of esters is 1. The first kappa shape index (κ1) is 13.1. The number of ether oxygens (including phenoxy) is 1. The molecule has 0 atom stereocenters. The Kier molecular flexibility index (Phi) is 3.85. The van der Waals surface area contributed by atoms with Crippen molar-refractivity contribution < 1.29 is 14.3 Å². The molecule has 0 saturated carbocycles. The van der Waals surface area contributed by atoms with Gasteiger partial charge in [0.2, 0.25) is 5.78 Å². The lowest BCUT2D eigenvalue weighted by Crippen LogP contribution is -2.20. The Hall–Kier alpha value is -2.30. The van der Waals surface area contributed by atoms with Crippen LogP contribution in [0.3, 0.4) is 0 Å². The van der Waals surface area contributed by atoms with Crippen molar-refractivity contribution in [2.45, 2.75) is 20.3 Å². The van der Waals surface area contributed by atoms with E-state index in [0.717, 1.165) is 5.52 Å². The van der Waals surface area contributed by atoms with E-state index in [-0.39, 0.29) is 13.0 Å². The van der Waals surface area contributed by atoms with E-state index in [1.54, 1.807) is 13.8 Å². The molecule has 2 aromatic rings. The van der Waals surface area contributed by atoms with Gasteiger partial charge in [0.25, 0.3) is 0 Å². The lowest BCUT2D eigenvalue weighted by Gasteiger charge is -2.05. The third-order valence-corrected chi connectivity index (χ3v) is 2.67. The molecule has 1 aromatic carbocycles. The van der Waals surface area contributed by atoms with Gasteiger partial charge in [0.05, 0.1) is 35.4 Å². The predicted octanol–water partition coefficient (Wildman–Crippen LogP) is 1.61. The predicted molar refractivity (Wildman–Crippen MR) is 69.6 cm³/mol. The highest BCUT2D eigenvalue weighted by atomic mass is 16.5. The van der Waals surface area contributed by atoms with E-state index in [0.29, 0.717) is 16.9 Å². The fourth-order valence-corrected chi connectivity index (χ4v) is 1.73. The molecule has 2 rings (SSSR count). The zero-order chi connectivity index (χ0) is 13.8. The van der Waals surface area contributed by atoms with Gasteiger partial charge in [-0.25, -0.2) is 14.8 Å². The first-order chi connectivity index (χ1) is 9.11. The van der Waals surface area contributed by atoms with Crippen molar-refractivity contribution in [3.05, 3.63) is 35.7 Å². The second-order valence-electron chi connectivity index (χ2n) is 4.06. The molecule has 0 aliphatic carbocycles. The van der Waals surface area contributed by atoms with Crippen LogP contribution in [0, 0.1) is 6.92 Å². The molecule has 5 nitrogen and oxygen atoms in total. The molecular formula is C14H14N2O3. The summed E-state index contributed by atoms with van der Waals surface area (Å²) in [5.74, 6) is -1.42. The van der Waals surface area contributed by atoms with E-state index < -0.39 is 11.8 Å². The molecule has 0 fully saturated rings. The molecule has 0 bridgehead atoms. The number of fused-ring (bicyclic) bond motifs is 1. The van der Waals surface area contributed by atoms with Crippen molar-refractivity contribution in [2.24, 2.45) is 0 Å². The Morgan fingerprint density at radius 2 is 1.79 bits per heavy atom. The van der Waals surface area contributed by atoms with Gasteiger partial charge in [0.15, 0.2) is 0 Å². The van der Waals surface area contributed by atoms with Crippen molar-refractivity contribution in [3.8, 4) is 0 Å². The van der Waals surface area contributed by atoms with E-state index in [9.17, 15) is 9.59 Å². The highest BCUT2D eigenvalue weighted by molar-refractivity contribution is 6.34. The van der Waals surface area contributed by atoms with E-state index in [4.69, 9.17) is 0 Å². The van der Waals surface area contributed by atoms with Crippen molar-refractivity contribution in [1.82, 2.24) is 9.97 Å². The van der Waals surface area contributed by atoms with Gasteiger partial charge in [-0.2, -0.15) is 0 Å². The molecule has 0 radical (unpaired) electrons. The molecule has 0 aliphatic rings. The highest BCUT2D eigenvalue weighted by Crippen LogP contribution is 2.12. The molecule has 0 unspecified atom stereocenters. The smallest absolute Gasteiger partial charge is 0.375 e. The lowest BCUT2D eigenvalue weighted by atomic mass is 10.1. The van der Waals surface area contributed by atoms with Gasteiger partial charge in [-0.15, -0.1) is 0 Å². The van der Waals surface area contributed by atoms with Gasteiger partial charge >= 0.3 is 5.97 Å². The largest absolute Gasteiger partial charge is 0.460 e. The summed E-state index contributed by atoms with van der Waals surface area (Å²) in [6.07, 6.45) is -0.0809. The zero-order valence-corrected chi connectivity index (χ0v) is 10.8. The fraction of sp³-hybridized carbons (Fsp3) is 0.286. The normalized spacial score (nSPS) is 10.4. The summed E-state index contributed by atoms with van der Waals surface area (Å²) >= 11 is 0. The Labute approximate surface area is 110 Å².